The van der Waals surface area contributed by atoms with Crippen LogP contribution >= 0.6 is 0 Å². The van der Waals surface area contributed by atoms with Crippen LogP contribution in [0.5, 0.6) is 0 Å². The zero-order chi connectivity index (χ0) is 9.54. The summed E-state index contributed by atoms with van der Waals surface area (Å²) in [5.74, 6) is 0.816. The molecule has 0 aromatic rings. The Morgan fingerprint density at radius 1 is 0.929 bits per heavy atom. The van der Waals surface area contributed by atoms with E-state index >= 15 is 0 Å². The lowest BCUT2D eigenvalue weighted by atomic mass is 10.0. The standard InChI is InChI=1S/C12H22N2/c13-12-3-1-2-9(12)8-14-10-4-5-11(14)7-6-10/h9-12H,1-8,13H2. The maximum Gasteiger partial charge on any atom is 0.00994 e. The van der Waals surface area contributed by atoms with Crippen molar-refractivity contribution in [1.29, 1.82) is 0 Å². The summed E-state index contributed by atoms with van der Waals surface area (Å²) in [5.41, 5.74) is 6.14. The fourth-order valence-electron chi connectivity index (χ4n) is 3.88. The maximum atomic E-state index is 6.14. The number of hydrogen-bond donors (Lipinski definition) is 1. The normalized spacial score (nSPS) is 47.8. The Morgan fingerprint density at radius 2 is 1.57 bits per heavy atom. The van der Waals surface area contributed by atoms with Crippen LogP contribution in [0.25, 0.3) is 0 Å². The Labute approximate surface area is 86.8 Å². The van der Waals surface area contributed by atoms with E-state index in [9.17, 15) is 0 Å². The van der Waals surface area contributed by atoms with E-state index in [4.69, 9.17) is 5.73 Å². The quantitative estimate of drug-likeness (QED) is 0.725. The summed E-state index contributed by atoms with van der Waals surface area (Å²) in [7, 11) is 0. The third kappa shape index (κ3) is 1.40. The van der Waals surface area contributed by atoms with Crippen molar-refractivity contribution < 1.29 is 0 Å². The van der Waals surface area contributed by atoms with Gasteiger partial charge >= 0.3 is 0 Å². The summed E-state index contributed by atoms with van der Waals surface area (Å²) in [4.78, 5) is 2.79. The molecule has 0 spiro atoms. The van der Waals surface area contributed by atoms with Gasteiger partial charge in [-0.25, -0.2) is 0 Å². The molecule has 14 heavy (non-hydrogen) atoms. The lowest BCUT2D eigenvalue weighted by molar-refractivity contribution is 0.205. The van der Waals surface area contributed by atoms with E-state index in [2.05, 4.69) is 4.90 Å². The molecule has 3 fully saturated rings. The van der Waals surface area contributed by atoms with E-state index in [0.717, 1.165) is 18.0 Å². The fraction of sp³-hybridized carbons (Fsp3) is 1.00. The molecule has 0 radical (unpaired) electrons. The van der Waals surface area contributed by atoms with Gasteiger partial charge in [-0.05, 0) is 44.4 Å². The molecule has 2 N–H and O–H groups in total. The largest absolute Gasteiger partial charge is 0.327 e. The molecule has 2 nitrogen and oxygen atoms in total. The van der Waals surface area contributed by atoms with Gasteiger partial charge in [0.05, 0.1) is 0 Å². The topological polar surface area (TPSA) is 29.3 Å². The van der Waals surface area contributed by atoms with Gasteiger partial charge in [-0.3, -0.25) is 4.90 Å². The molecule has 3 aliphatic rings. The summed E-state index contributed by atoms with van der Waals surface area (Å²) in [5, 5.41) is 0. The molecule has 2 aliphatic heterocycles. The Hall–Kier alpha value is -0.0800. The average Bonchev–Trinajstić information content (AvgIpc) is 2.86. The molecule has 2 heteroatoms. The minimum atomic E-state index is 0.509. The summed E-state index contributed by atoms with van der Waals surface area (Å²) >= 11 is 0. The Morgan fingerprint density at radius 3 is 2.07 bits per heavy atom. The van der Waals surface area contributed by atoms with Gasteiger partial charge in [0.15, 0.2) is 0 Å². The van der Waals surface area contributed by atoms with Gasteiger partial charge in [0.1, 0.15) is 0 Å². The predicted octanol–water partition coefficient (Wildman–Crippen LogP) is 1.74. The Kier molecular flexibility index (Phi) is 2.29. The van der Waals surface area contributed by atoms with Crippen molar-refractivity contribution in [3.63, 3.8) is 0 Å². The number of fused-ring (bicyclic) bond motifs is 2. The summed E-state index contributed by atoms with van der Waals surface area (Å²) in [6.45, 7) is 1.32. The van der Waals surface area contributed by atoms with Gasteiger partial charge in [0, 0.05) is 24.7 Å². The number of rotatable bonds is 2. The molecule has 2 bridgehead atoms. The van der Waals surface area contributed by atoms with E-state index in [1.54, 1.807) is 0 Å². The van der Waals surface area contributed by atoms with Crippen molar-refractivity contribution in [3.05, 3.63) is 0 Å². The molecule has 1 saturated carbocycles. The number of hydrogen-bond acceptors (Lipinski definition) is 2. The van der Waals surface area contributed by atoms with Crippen molar-refractivity contribution in [1.82, 2.24) is 4.90 Å². The SMILES string of the molecule is NC1CCCC1CN1C2CCC1CC2. The van der Waals surface area contributed by atoms with Crippen molar-refractivity contribution in [2.24, 2.45) is 11.7 Å². The molecule has 2 unspecified atom stereocenters. The van der Waals surface area contributed by atoms with Crippen LogP contribution in [0, 0.1) is 5.92 Å². The van der Waals surface area contributed by atoms with Gasteiger partial charge in [0.25, 0.3) is 0 Å². The second-order valence-corrected chi connectivity index (χ2v) is 5.51. The van der Waals surface area contributed by atoms with Crippen molar-refractivity contribution in [2.45, 2.75) is 63.1 Å². The molecule has 0 amide bonds. The summed E-state index contributed by atoms with van der Waals surface area (Å²) in [6.07, 6.45) is 9.89. The van der Waals surface area contributed by atoms with Gasteiger partial charge in [-0.2, -0.15) is 0 Å². The van der Waals surface area contributed by atoms with Crippen LogP contribution in [0.2, 0.25) is 0 Å². The molecular weight excluding hydrogens is 172 g/mol. The molecular formula is C12H22N2. The number of nitrogens with zero attached hydrogens (tertiary/aromatic N) is 1. The highest BCUT2D eigenvalue weighted by Crippen LogP contribution is 2.39. The molecule has 2 atom stereocenters. The summed E-state index contributed by atoms with van der Waals surface area (Å²) < 4.78 is 0. The molecule has 80 valence electrons. The first-order chi connectivity index (χ1) is 6.84. The van der Waals surface area contributed by atoms with Crippen LogP contribution in [0.15, 0.2) is 0 Å². The van der Waals surface area contributed by atoms with Crippen molar-refractivity contribution >= 4 is 0 Å². The highest BCUT2D eigenvalue weighted by atomic mass is 15.2. The molecule has 0 aromatic carbocycles. The van der Waals surface area contributed by atoms with E-state index in [1.165, 1.54) is 51.5 Å². The first-order valence-electron chi connectivity index (χ1n) is 6.36. The smallest absolute Gasteiger partial charge is 0.00994 e. The van der Waals surface area contributed by atoms with Crippen LogP contribution in [0.4, 0.5) is 0 Å². The van der Waals surface area contributed by atoms with E-state index in [0.29, 0.717) is 6.04 Å². The fourth-order valence-corrected chi connectivity index (χ4v) is 3.88. The van der Waals surface area contributed by atoms with Crippen molar-refractivity contribution in [3.8, 4) is 0 Å². The van der Waals surface area contributed by atoms with E-state index in [1.807, 2.05) is 0 Å². The number of nitrogens with two attached hydrogens (primary N) is 1. The highest BCUT2D eigenvalue weighted by molar-refractivity contribution is 4.97. The first-order valence-corrected chi connectivity index (χ1v) is 6.36. The molecule has 0 aromatic heterocycles. The lowest BCUT2D eigenvalue weighted by Gasteiger charge is -2.27. The van der Waals surface area contributed by atoms with Gasteiger partial charge in [-0.15, -0.1) is 0 Å². The van der Waals surface area contributed by atoms with Crippen LogP contribution in [0.1, 0.15) is 44.9 Å². The second kappa shape index (κ2) is 3.49. The molecule has 2 heterocycles. The minimum Gasteiger partial charge on any atom is -0.327 e. The molecule has 1 aliphatic carbocycles. The zero-order valence-electron chi connectivity index (χ0n) is 8.99. The van der Waals surface area contributed by atoms with Crippen LogP contribution in [0.3, 0.4) is 0 Å². The van der Waals surface area contributed by atoms with Gasteiger partial charge in [0.2, 0.25) is 0 Å². The maximum absolute atomic E-state index is 6.14. The van der Waals surface area contributed by atoms with E-state index < -0.39 is 0 Å². The Bertz CT molecular complexity index is 196. The zero-order valence-corrected chi connectivity index (χ0v) is 8.99. The monoisotopic (exact) mass is 194 g/mol. The van der Waals surface area contributed by atoms with Crippen LogP contribution in [-0.4, -0.2) is 29.6 Å². The first kappa shape index (κ1) is 9.17. The molecule has 3 rings (SSSR count). The Balaban J connectivity index is 1.62. The van der Waals surface area contributed by atoms with E-state index in [-0.39, 0.29) is 0 Å². The summed E-state index contributed by atoms with van der Waals surface area (Å²) in [6, 6.07) is 2.38. The van der Waals surface area contributed by atoms with Crippen LogP contribution < -0.4 is 5.73 Å². The highest BCUT2D eigenvalue weighted by Gasteiger charge is 2.41. The van der Waals surface area contributed by atoms with Crippen molar-refractivity contribution in [2.75, 3.05) is 6.54 Å². The molecule has 2 saturated heterocycles. The minimum absolute atomic E-state index is 0.509. The second-order valence-electron chi connectivity index (χ2n) is 5.51. The average molecular weight is 194 g/mol. The third-order valence-corrected chi connectivity index (χ3v) is 4.77. The van der Waals surface area contributed by atoms with Gasteiger partial charge in [-0.1, -0.05) is 6.42 Å². The predicted molar refractivity (Wildman–Crippen MR) is 58.1 cm³/mol. The van der Waals surface area contributed by atoms with Gasteiger partial charge < -0.3 is 5.73 Å². The van der Waals surface area contributed by atoms with Crippen LogP contribution in [-0.2, 0) is 0 Å². The lowest BCUT2D eigenvalue weighted by Crippen LogP contribution is -2.38. The third-order valence-electron chi connectivity index (χ3n) is 4.77.